The lowest BCUT2D eigenvalue weighted by Crippen LogP contribution is -2.38. The quantitative estimate of drug-likeness (QED) is 0.696. The van der Waals surface area contributed by atoms with Gasteiger partial charge in [0.1, 0.15) is 5.75 Å². The van der Waals surface area contributed by atoms with Gasteiger partial charge in [0.25, 0.3) is 0 Å². The van der Waals surface area contributed by atoms with E-state index in [0.717, 1.165) is 14.8 Å². The first kappa shape index (κ1) is 20.3. The SMILES string of the molecule is COc1ccccc1CNC(=O)CN(C)S(=O)(=O)c1ccc(SC)cc1. The maximum atomic E-state index is 12.6. The molecule has 0 aliphatic heterocycles. The largest absolute Gasteiger partial charge is 0.496 e. The molecule has 2 rings (SSSR count). The van der Waals surface area contributed by atoms with E-state index >= 15 is 0 Å². The lowest BCUT2D eigenvalue weighted by Gasteiger charge is -2.17. The Hall–Kier alpha value is -2.03. The van der Waals surface area contributed by atoms with Gasteiger partial charge in [-0.3, -0.25) is 4.79 Å². The molecule has 0 saturated heterocycles. The highest BCUT2D eigenvalue weighted by Gasteiger charge is 2.22. The summed E-state index contributed by atoms with van der Waals surface area (Å²) in [5.74, 6) is 0.283. The Morgan fingerprint density at radius 1 is 1.15 bits per heavy atom. The number of amides is 1. The summed E-state index contributed by atoms with van der Waals surface area (Å²) in [7, 11) is -0.768. The standard InChI is InChI=1S/C18H22N2O4S2/c1-20(26(22,23)16-10-8-15(25-3)9-11-16)13-18(21)19-12-14-6-4-5-7-17(14)24-2/h4-11H,12-13H2,1-3H3,(H,19,21). The molecule has 26 heavy (non-hydrogen) atoms. The van der Waals surface area contributed by atoms with Crippen molar-refractivity contribution in [2.24, 2.45) is 0 Å². The highest BCUT2D eigenvalue weighted by Crippen LogP contribution is 2.20. The lowest BCUT2D eigenvalue weighted by atomic mass is 10.2. The van der Waals surface area contributed by atoms with Crippen LogP contribution < -0.4 is 10.1 Å². The first-order valence-corrected chi connectivity index (χ1v) is 10.5. The average molecular weight is 395 g/mol. The van der Waals surface area contributed by atoms with Gasteiger partial charge in [0.15, 0.2) is 0 Å². The Bertz CT molecular complexity index is 852. The number of para-hydroxylation sites is 1. The van der Waals surface area contributed by atoms with E-state index in [1.54, 1.807) is 37.4 Å². The normalized spacial score (nSPS) is 11.4. The smallest absolute Gasteiger partial charge is 0.243 e. The molecule has 0 aliphatic rings. The van der Waals surface area contributed by atoms with Gasteiger partial charge in [-0.2, -0.15) is 4.31 Å². The number of methoxy groups -OCH3 is 1. The molecule has 0 fully saturated rings. The fourth-order valence-corrected chi connectivity index (χ4v) is 3.85. The Morgan fingerprint density at radius 3 is 2.42 bits per heavy atom. The molecule has 2 aromatic rings. The average Bonchev–Trinajstić information content (AvgIpc) is 2.66. The third kappa shape index (κ3) is 5.00. The minimum Gasteiger partial charge on any atom is -0.496 e. The van der Waals surface area contributed by atoms with Crippen molar-refractivity contribution in [3.05, 3.63) is 54.1 Å². The molecule has 0 unspecified atom stereocenters. The molecule has 1 N–H and O–H groups in total. The molecule has 6 nitrogen and oxygen atoms in total. The third-order valence-corrected chi connectivity index (χ3v) is 6.36. The molecule has 0 spiro atoms. The molecule has 0 aliphatic carbocycles. The van der Waals surface area contributed by atoms with Crippen LogP contribution in [0.3, 0.4) is 0 Å². The Kier molecular flexibility index (Phi) is 7.07. The highest BCUT2D eigenvalue weighted by molar-refractivity contribution is 7.98. The second kappa shape index (κ2) is 9.07. The van der Waals surface area contributed by atoms with Gasteiger partial charge in [-0.15, -0.1) is 11.8 Å². The number of nitrogens with one attached hydrogen (secondary N) is 1. The van der Waals surface area contributed by atoms with E-state index in [1.807, 2.05) is 24.5 Å². The first-order chi connectivity index (χ1) is 12.4. The molecule has 140 valence electrons. The van der Waals surface area contributed by atoms with Crippen molar-refractivity contribution in [2.75, 3.05) is 27.0 Å². The predicted molar refractivity (Wildman–Crippen MR) is 103 cm³/mol. The monoisotopic (exact) mass is 394 g/mol. The molecular weight excluding hydrogens is 372 g/mol. The van der Waals surface area contributed by atoms with Gasteiger partial charge in [-0.25, -0.2) is 8.42 Å². The number of hydrogen-bond donors (Lipinski definition) is 1. The number of hydrogen-bond acceptors (Lipinski definition) is 5. The zero-order chi connectivity index (χ0) is 19.2. The number of likely N-dealkylation sites (N-methyl/N-ethyl adjacent to an activating group) is 1. The fraction of sp³-hybridized carbons (Fsp3) is 0.278. The van der Waals surface area contributed by atoms with Crippen LogP contribution in [0.15, 0.2) is 58.3 Å². The Balaban J connectivity index is 1.98. The molecule has 0 atom stereocenters. The summed E-state index contributed by atoms with van der Waals surface area (Å²) >= 11 is 1.53. The molecule has 0 aromatic heterocycles. The minimum absolute atomic E-state index is 0.162. The molecule has 0 bridgehead atoms. The number of sulfonamides is 1. The van der Waals surface area contributed by atoms with Crippen molar-refractivity contribution in [1.29, 1.82) is 0 Å². The summed E-state index contributed by atoms with van der Waals surface area (Å²) in [5.41, 5.74) is 0.821. The molecule has 0 radical (unpaired) electrons. The number of carbonyl (C=O) groups excluding carboxylic acids is 1. The van der Waals surface area contributed by atoms with Crippen LogP contribution in [0.25, 0.3) is 0 Å². The van der Waals surface area contributed by atoms with Crippen LogP contribution in [0.1, 0.15) is 5.56 Å². The summed E-state index contributed by atoms with van der Waals surface area (Å²) in [6.45, 7) is 0.000909. The van der Waals surface area contributed by atoms with Gasteiger partial charge in [0, 0.05) is 24.1 Å². The zero-order valence-corrected chi connectivity index (χ0v) is 16.6. The second-order valence-electron chi connectivity index (χ2n) is 5.53. The summed E-state index contributed by atoms with van der Waals surface area (Å²) in [6, 6.07) is 13.9. The van der Waals surface area contributed by atoms with Crippen molar-refractivity contribution in [2.45, 2.75) is 16.3 Å². The second-order valence-corrected chi connectivity index (χ2v) is 8.45. The van der Waals surface area contributed by atoms with E-state index < -0.39 is 10.0 Å². The van der Waals surface area contributed by atoms with Crippen LogP contribution in [-0.2, 0) is 21.4 Å². The van der Waals surface area contributed by atoms with Crippen LogP contribution in [0.5, 0.6) is 5.75 Å². The lowest BCUT2D eigenvalue weighted by molar-refractivity contribution is -0.121. The molecule has 1 amide bonds. The Morgan fingerprint density at radius 2 is 1.81 bits per heavy atom. The maximum Gasteiger partial charge on any atom is 0.243 e. The van der Waals surface area contributed by atoms with Gasteiger partial charge in [0.05, 0.1) is 18.6 Å². The topological polar surface area (TPSA) is 75.7 Å². The van der Waals surface area contributed by atoms with Crippen LogP contribution in [-0.4, -0.2) is 45.6 Å². The van der Waals surface area contributed by atoms with E-state index in [4.69, 9.17) is 4.74 Å². The summed E-state index contributed by atoms with van der Waals surface area (Å²) < 4.78 is 31.4. The van der Waals surface area contributed by atoms with E-state index in [2.05, 4.69) is 5.32 Å². The molecule has 8 heteroatoms. The summed E-state index contributed by atoms with van der Waals surface area (Å²) in [5, 5.41) is 2.72. The molecule has 0 heterocycles. The van der Waals surface area contributed by atoms with Crippen molar-refractivity contribution in [3.8, 4) is 5.75 Å². The van der Waals surface area contributed by atoms with E-state index in [1.165, 1.54) is 18.8 Å². The van der Waals surface area contributed by atoms with E-state index in [-0.39, 0.29) is 23.9 Å². The molecule has 0 saturated carbocycles. The van der Waals surface area contributed by atoms with Crippen molar-refractivity contribution < 1.29 is 17.9 Å². The first-order valence-electron chi connectivity index (χ1n) is 7.87. The van der Waals surface area contributed by atoms with Gasteiger partial charge in [-0.1, -0.05) is 18.2 Å². The fourth-order valence-electron chi connectivity index (χ4n) is 2.31. The highest BCUT2D eigenvalue weighted by atomic mass is 32.2. The predicted octanol–water partition coefficient (Wildman–Crippen LogP) is 2.35. The minimum atomic E-state index is -3.72. The van der Waals surface area contributed by atoms with Crippen LogP contribution in [0.2, 0.25) is 0 Å². The number of benzene rings is 2. The number of carbonyl (C=O) groups is 1. The van der Waals surface area contributed by atoms with Gasteiger partial charge in [-0.05, 0) is 36.6 Å². The number of rotatable bonds is 8. The third-order valence-electron chi connectivity index (χ3n) is 3.80. The van der Waals surface area contributed by atoms with E-state index in [0.29, 0.717) is 5.75 Å². The van der Waals surface area contributed by atoms with Crippen LogP contribution in [0, 0.1) is 0 Å². The van der Waals surface area contributed by atoms with Gasteiger partial charge in [0.2, 0.25) is 15.9 Å². The van der Waals surface area contributed by atoms with Gasteiger partial charge >= 0.3 is 0 Å². The number of ether oxygens (including phenoxy) is 1. The molecule has 2 aromatic carbocycles. The van der Waals surface area contributed by atoms with Crippen molar-refractivity contribution in [1.82, 2.24) is 9.62 Å². The zero-order valence-electron chi connectivity index (χ0n) is 14.9. The maximum absolute atomic E-state index is 12.6. The van der Waals surface area contributed by atoms with Gasteiger partial charge < -0.3 is 10.1 Å². The van der Waals surface area contributed by atoms with Crippen LogP contribution in [0.4, 0.5) is 0 Å². The Labute approximate surface area is 158 Å². The summed E-state index contributed by atoms with van der Waals surface area (Å²) in [6.07, 6.45) is 1.92. The molecular formula is C18H22N2O4S2. The number of thioether (sulfide) groups is 1. The van der Waals surface area contributed by atoms with E-state index in [9.17, 15) is 13.2 Å². The van der Waals surface area contributed by atoms with Crippen molar-refractivity contribution >= 4 is 27.7 Å². The summed E-state index contributed by atoms with van der Waals surface area (Å²) in [4.78, 5) is 13.3. The number of nitrogens with zero attached hydrogens (tertiary/aromatic N) is 1. The van der Waals surface area contributed by atoms with Crippen LogP contribution >= 0.6 is 11.8 Å². The van der Waals surface area contributed by atoms with Crippen molar-refractivity contribution in [3.63, 3.8) is 0 Å².